The Bertz CT molecular complexity index is 917. The summed E-state index contributed by atoms with van der Waals surface area (Å²) in [6, 6.07) is 6.33. The minimum Gasteiger partial charge on any atom is -0.464 e. The van der Waals surface area contributed by atoms with Crippen molar-refractivity contribution in [3.8, 4) is 0 Å². The average Bonchev–Trinajstić information content (AvgIpc) is 3.30. The molecule has 0 radical (unpaired) electrons. The van der Waals surface area contributed by atoms with Crippen LogP contribution >= 0.6 is 0 Å². The van der Waals surface area contributed by atoms with E-state index in [9.17, 15) is 14.4 Å². The number of anilines is 1. The van der Waals surface area contributed by atoms with Crippen molar-refractivity contribution >= 4 is 28.6 Å². The Morgan fingerprint density at radius 2 is 2.00 bits per heavy atom. The molecule has 1 saturated heterocycles. The number of hydrogen-bond acceptors (Lipinski definition) is 4. The van der Waals surface area contributed by atoms with Gasteiger partial charge in [-0.05, 0) is 31.0 Å². The van der Waals surface area contributed by atoms with E-state index in [4.69, 9.17) is 4.42 Å². The van der Waals surface area contributed by atoms with Crippen molar-refractivity contribution in [2.24, 2.45) is 5.92 Å². The van der Waals surface area contributed by atoms with Crippen LogP contribution in [0.2, 0.25) is 0 Å². The maximum absolute atomic E-state index is 12.2. The maximum atomic E-state index is 12.2. The van der Waals surface area contributed by atoms with Crippen LogP contribution in [-0.2, 0) is 4.79 Å². The van der Waals surface area contributed by atoms with E-state index >= 15 is 0 Å². The van der Waals surface area contributed by atoms with E-state index < -0.39 is 0 Å². The monoisotopic (exact) mass is 369 g/mol. The van der Waals surface area contributed by atoms with E-state index in [2.05, 4.69) is 10.6 Å². The molecule has 1 atom stereocenters. The number of hydrogen-bond donors (Lipinski definition) is 2. The molecule has 1 aromatic carbocycles. The molecule has 2 aromatic rings. The molecule has 1 aliphatic heterocycles. The first-order chi connectivity index (χ1) is 13.1. The van der Waals surface area contributed by atoms with Crippen molar-refractivity contribution in [3.63, 3.8) is 0 Å². The van der Waals surface area contributed by atoms with Crippen LogP contribution in [0.15, 0.2) is 39.7 Å². The fourth-order valence-electron chi connectivity index (χ4n) is 4.09. The van der Waals surface area contributed by atoms with Crippen LogP contribution in [-0.4, -0.2) is 36.0 Å². The first kappa shape index (κ1) is 17.6. The smallest absolute Gasteiger partial charge is 0.319 e. The summed E-state index contributed by atoms with van der Waals surface area (Å²) in [7, 11) is 0. The molecule has 0 unspecified atom stereocenters. The molecule has 0 spiro atoms. The highest BCUT2D eigenvalue weighted by molar-refractivity contribution is 5.92. The van der Waals surface area contributed by atoms with Gasteiger partial charge in [-0.1, -0.05) is 12.8 Å². The second kappa shape index (κ2) is 7.42. The number of urea groups is 1. The van der Waals surface area contributed by atoms with Crippen molar-refractivity contribution in [1.29, 1.82) is 0 Å². The summed E-state index contributed by atoms with van der Waals surface area (Å²) in [6.45, 7) is 1.18. The van der Waals surface area contributed by atoms with Gasteiger partial charge in [-0.3, -0.25) is 9.59 Å². The first-order valence-electron chi connectivity index (χ1n) is 9.46. The zero-order valence-corrected chi connectivity index (χ0v) is 15.1. The van der Waals surface area contributed by atoms with E-state index in [0.717, 1.165) is 19.4 Å². The highest BCUT2D eigenvalue weighted by atomic mass is 16.3. The Balaban J connectivity index is 1.32. The molecule has 3 amide bonds. The van der Waals surface area contributed by atoms with Crippen LogP contribution in [0.5, 0.6) is 0 Å². The average molecular weight is 369 g/mol. The molecule has 27 heavy (non-hydrogen) atoms. The van der Waals surface area contributed by atoms with Crippen LogP contribution in [0.4, 0.5) is 10.5 Å². The lowest BCUT2D eigenvalue weighted by molar-refractivity contribution is -0.129. The largest absolute Gasteiger partial charge is 0.464 e. The van der Waals surface area contributed by atoms with Gasteiger partial charge in [0, 0.05) is 43.2 Å². The molecular weight excluding hydrogens is 346 g/mol. The van der Waals surface area contributed by atoms with Gasteiger partial charge in [0.1, 0.15) is 5.58 Å². The molecule has 1 aromatic heterocycles. The van der Waals surface area contributed by atoms with Gasteiger partial charge in [0.2, 0.25) is 5.91 Å². The second-order valence-corrected chi connectivity index (χ2v) is 7.39. The summed E-state index contributed by atoms with van der Waals surface area (Å²) in [5, 5.41) is 5.99. The molecule has 0 bridgehead atoms. The molecule has 7 heteroatoms. The number of nitrogens with zero attached hydrogens (tertiary/aromatic N) is 1. The summed E-state index contributed by atoms with van der Waals surface area (Å²) in [5.74, 6) is 0.350. The molecular formula is C20H23N3O4. The first-order valence-corrected chi connectivity index (χ1v) is 9.46. The van der Waals surface area contributed by atoms with Gasteiger partial charge in [0.05, 0.1) is 11.6 Å². The number of benzene rings is 1. The Labute approximate surface area is 156 Å². The second-order valence-electron chi connectivity index (χ2n) is 7.39. The molecule has 142 valence electrons. The Morgan fingerprint density at radius 3 is 2.81 bits per heavy atom. The molecule has 2 fully saturated rings. The molecule has 4 rings (SSSR count). The number of carbonyl (C=O) groups is 2. The predicted octanol–water partition coefficient (Wildman–Crippen LogP) is 2.71. The van der Waals surface area contributed by atoms with Crippen LogP contribution in [0, 0.1) is 5.92 Å². The SMILES string of the molecule is O=C(NC[C@@H]1CC(=O)N(C2CCCC2)C1)Nc1ccc2occc(=O)c2c1. The van der Waals surface area contributed by atoms with Gasteiger partial charge in [-0.25, -0.2) is 4.79 Å². The number of amides is 3. The Hall–Kier alpha value is -2.83. The molecule has 2 heterocycles. The third-order valence-corrected chi connectivity index (χ3v) is 5.47. The lowest BCUT2D eigenvalue weighted by Gasteiger charge is -2.24. The van der Waals surface area contributed by atoms with Gasteiger partial charge in [-0.2, -0.15) is 0 Å². The van der Waals surface area contributed by atoms with E-state index in [1.807, 2.05) is 4.90 Å². The van der Waals surface area contributed by atoms with E-state index in [1.54, 1.807) is 18.2 Å². The fourth-order valence-corrected chi connectivity index (χ4v) is 4.09. The van der Waals surface area contributed by atoms with Gasteiger partial charge in [0.25, 0.3) is 0 Å². The highest BCUT2D eigenvalue weighted by Gasteiger charge is 2.35. The van der Waals surface area contributed by atoms with E-state index in [0.29, 0.717) is 35.7 Å². The van der Waals surface area contributed by atoms with Gasteiger partial charge < -0.3 is 20.0 Å². The summed E-state index contributed by atoms with van der Waals surface area (Å²) in [5.41, 5.74) is 0.843. The van der Waals surface area contributed by atoms with Crippen LogP contribution in [0.25, 0.3) is 11.0 Å². The van der Waals surface area contributed by atoms with Crippen LogP contribution in [0.1, 0.15) is 32.1 Å². The molecule has 7 nitrogen and oxygen atoms in total. The number of likely N-dealkylation sites (tertiary alicyclic amines) is 1. The minimum absolute atomic E-state index is 0.146. The van der Waals surface area contributed by atoms with Crippen LogP contribution < -0.4 is 16.1 Å². The van der Waals surface area contributed by atoms with E-state index in [-0.39, 0.29) is 23.3 Å². The van der Waals surface area contributed by atoms with Crippen molar-refractivity contribution in [3.05, 3.63) is 40.8 Å². The summed E-state index contributed by atoms with van der Waals surface area (Å²) in [4.78, 5) is 38.3. The number of carbonyl (C=O) groups excluding carboxylic acids is 2. The highest BCUT2D eigenvalue weighted by Crippen LogP contribution is 2.29. The third-order valence-electron chi connectivity index (χ3n) is 5.47. The molecule has 2 N–H and O–H groups in total. The maximum Gasteiger partial charge on any atom is 0.319 e. The third kappa shape index (κ3) is 3.82. The Kier molecular flexibility index (Phi) is 4.83. The molecule has 1 saturated carbocycles. The predicted molar refractivity (Wildman–Crippen MR) is 102 cm³/mol. The van der Waals surface area contributed by atoms with Crippen molar-refractivity contribution in [2.45, 2.75) is 38.1 Å². The fraction of sp³-hybridized carbons (Fsp3) is 0.450. The summed E-state index contributed by atoms with van der Waals surface area (Å²) >= 11 is 0. The number of fused-ring (bicyclic) bond motifs is 1. The Morgan fingerprint density at radius 1 is 1.19 bits per heavy atom. The zero-order valence-electron chi connectivity index (χ0n) is 15.1. The lowest BCUT2D eigenvalue weighted by atomic mass is 10.1. The number of nitrogens with one attached hydrogen (secondary N) is 2. The lowest BCUT2D eigenvalue weighted by Crippen LogP contribution is -2.36. The topological polar surface area (TPSA) is 91.7 Å². The quantitative estimate of drug-likeness (QED) is 0.867. The van der Waals surface area contributed by atoms with E-state index in [1.165, 1.54) is 25.2 Å². The zero-order chi connectivity index (χ0) is 18.8. The molecule has 2 aliphatic rings. The summed E-state index contributed by atoms with van der Waals surface area (Å²) < 4.78 is 5.26. The van der Waals surface area contributed by atoms with Crippen molar-refractivity contribution in [2.75, 3.05) is 18.4 Å². The van der Waals surface area contributed by atoms with Crippen molar-refractivity contribution < 1.29 is 14.0 Å². The summed E-state index contributed by atoms with van der Waals surface area (Å²) in [6.07, 6.45) is 6.44. The standard InChI is InChI=1S/C20H23N3O4/c24-17-7-8-27-18-6-5-14(10-16(17)18)22-20(26)21-11-13-9-19(25)23(12-13)15-3-1-2-4-15/h5-8,10,13,15H,1-4,9,11-12H2,(H2,21,22,26)/t13-/m0/s1. The normalized spacial score (nSPS) is 20.4. The molecule has 1 aliphatic carbocycles. The van der Waals surface area contributed by atoms with Gasteiger partial charge in [-0.15, -0.1) is 0 Å². The van der Waals surface area contributed by atoms with Gasteiger partial charge in [0.15, 0.2) is 5.43 Å². The van der Waals surface area contributed by atoms with Gasteiger partial charge >= 0.3 is 6.03 Å². The minimum atomic E-state index is -0.346. The number of rotatable bonds is 4. The van der Waals surface area contributed by atoms with Crippen LogP contribution in [0.3, 0.4) is 0 Å². The van der Waals surface area contributed by atoms with Crippen molar-refractivity contribution in [1.82, 2.24) is 10.2 Å².